The van der Waals surface area contributed by atoms with Crippen molar-refractivity contribution in [2.45, 2.75) is 0 Å². The Bertz CT molecular complexity index is 563. The molecule has 0 saturated heterocycles. The van der Waals surface area contributed by atoms with Crippen LogP contribution in [0.25, 0.3) is 11.3 Å². The fourth-order valence-electron chi connectivity index (χ4n) is 1.55. The van der Waals surface area contributed by atoms with E-state index in [9.17, 15) is 0 Å². The molecule has 2 rings (SSSR count). The molecule has 1 aromatic carbocycles. The third kappa shape index (κ3) is 3.42. The number of halogens is 1. The standard InChI is InChI=1S/C13H14BrN3O2/c1-15-13-6-11(16-7-17-13)9-3-4-10(14)12(5-9)19-8-18-2/h3-7H,8H2,1-2H3,(H,15,16,17). The molecule has 1 aromatic heterocycles. The monoisotopic (exact) mass is 323 g/mol. The highest BCUT2D eigenvalue weighted by Crippen LogP contribution is 2.30. The number of methoxy groups -OCH3 is 1. The van der Waals surface area contributed by atoms with Crippen molar-refractivity contribution in [3.05, 3.63) is 35.1 Å². The molecule has 100 valence electrons. The summed E-state index contributed by atoms with van der Waals surface area (Å²) in [4.78, 5) is 8.35. The average molecular weight is 324 g/mol. The van der Waals surface area contributed by atoms with E-state index in [1.807, 2.05) is 31.3 Å². The van der Waals surface area contributed by atoms with Crippen LogP contribution in [-0.2, 0) is 4.74 Å². The van der Waals surface area contributed by atoms with E-state index in [2.05, 4.69) is 31.2 Å². The van der Waals surface area contributed by atoms with Crippen molar-refractivity contribution in [3.8, 4) is 17.0 Å². The Morgan fingerprint density at radius 2 is 2.11 bits per heavy atom. The van der Waals surface area contributed by atoms with Gasteiger partial charge in [-0.05, 0) is 28.1 Å². The van der Waals surface area contributed by atoms with Gasteiger partial charge in [0.25, 0.3) is 0 Å². The van der Waals surface area contributed by atoms with Gasteiger partial charge < -0.3 is 14.8 Å². The molecule has 0 radical (unpaired) electrons. The molecule has 0 atom stereocenters. The molecule has 1 N–H and O–H groups in total. The molecule has 1 heterocycles. The molecule has 0 fully saturated rings. The predicted molar refractivity (Wildman–Crippen MR) is 77.2 cm³/mol. The molecule has 5 nitrogen and oxygen atoms in total. The molecule has 0 bridgehead atoms. The van der Waals surface area contributed by atoms with Gasteiger partial charge in [0.15, 0.2) is 6.79 Å². The van der Waals surface area contributed by atoms with E-state index in [1.165, 1.54) is 6.33 Å². The third-order valence-corrected chi connectivity index (χ3v) is 3.14. The first-order valence-electron chi connectivity index (χ1n) is 5.66. The molecule has 0 amide bonds. The molecule has 19 heavy (non-hydrogen) atoms. The van der Waals surface area contributed by atoms with E-state index in [4.69, 9.17) is 9.47 Å². The van der Waals surface area contributed by atoms with Crippen LogP contribution in [0.4, 0.5) is 5.82 Å². The Labute approximate surface area is 120 Å². The highest BCUT2D eigenvalue weighted by molar-refractivity contribution is 9.10. The topological polar surface area (TPSA) is 56.3 Å². The SMILES string of the molecule is CNc1cc(-c2ccc(Br)c(OCOC)c2)ncn1. The van der Waals surface area contributed by atoms with Crippen LogP contribution >= 0.6 is 15.9 Å². The van der Waals surface area contributed by atoms with E-state index in [0.29, 0.717) is 5.75 Å². The van der Waals surface area contributed by atoms with Gasteiger partial charge >= 0.3 is 0 Å². The number of hydrogen-bond acceptors (Lipinski definition) is 5. The van der Waals surface area contributed by atoms with E-state index in [-0.39, 0.29) is 6.79 Å². The molecule has 2 aromatic rings. The number of nitrogens with one attached hydrogen (secondary N) is 1. The van der Waals surface area contributed by atoms with E-state index in [0.717, 1.165) is 21.5 Å². The third-order valence-electron chi connectivity index (χ3n) is 2.48. The molecule has 0 saturated carbocycles. The zero-order valence-electron chi connectivity index (χ0n) is 10.7. The number of benzene rings is 1. The van der Waals surface area contributed by atoms with Gasteiger partial charge in [0, 0.05) is 25.8 Å². The van der Waals surface area contributed by atoms with Crippen molar-refractivity contribution in [3.63, 3.8) is 0 Å². The summed E-state index contributed by atoms with van der Waals surface area (Å²) in [7, 11) is 3.40. The molecule has 0 aliphatic rings. The van der Waals surface area contributed by atoms with Crippen molar-refractivity contribution in [1.82, 2.24) is 9.97 Å². The van der Waals surface area contributed by atoms with Crippen molar-refractivity contribution in [1.29, 1.82) is 0 Å². The average Bonchev–Trinajstić information content (AvgIpc) is 2.46. The van der Waals surface area contributed by atoms with Gasteiger partial charge in [-0.15, -0.1) is 0 Å². The van der Waals surface area contributed by atoms with Gasteiger partial charge in [-0.2, -0.15) is 0 Å². The number of anilines is 1. The number of nitrogens with zero attached hydrogens (tertiary/aromatic N) is 2. The van der Waals surface area contributed by atoms with Crippen molar-refractivity contribution >= 4 is 21.7 Å². The van der Waals surface area contributed by atoms with Gasteiger partial charge in [-0.25, -0.2) is 9.97 Å². The molecule has 0 unspecified atom stereocenters. The van der Waals surface area contributed by atoms with E-state index in [1.54, 1.807) is 7.11 Å². The molecule has 0 aliphatic heterocycles. The second-order valence-corrected chi connectivity index (χ2v) is 4.59. The number of rotatable bonds is 5. The minimum Gasteiger partial charge on any atom is -0.466 e. The Balaban J connectivity index is 2.33. The van der Waals surface area contributed by atoms with Crippen LogP contribution in [0.1, 0.15) is 0 Å². The lowest BCUT2D eigenvalue weighted by Gasteiger charge is -2.09. The van der Waals surface area contributed by atoms with Gasteiger partial charge in [0.05, 0.1) is 10.2 Å². The smallest absolute Gasteiger partial charge is 0.188 e. The van der Waals surface area contributed by atoms with Crippen molar-refractivity contribution < 1.29 is 9.47 Å². The molecular weight excluding hydrogens is 310 g/mol. The first kappa shape index (κ1) is 13.8. The van der Waals surface area contributed by atoms with Crippen LogP contribution in [0, 0.1) is 0 Å². The number of aromatic nitrogens is 2. The first-order chi connectivity index (χ1) is 9.24. The summed E-state index contributed by atoms with van der Waals surface area (Å²) in [6.45, 7) is 0.202. The summed E-state index contributed by atoms with van der Waals surface area (Å²) in [5.74, 6) is 1.48. The second-order valence-electron chi connectivity index (χ2n) is 3.73. The highest BCUT2D eigenvalue weighted by Gasteiger charge is 2.06. The number of ether oxygens (including phenoxy) is 2. The van der Waals surface area contributed by atoms with E-state index < -0.39 is 0 Å². The van der Waals surface area contributed by atoms with Gasteiger partial charge in [-0.3, -0.25) is 0 Å². The molecule has 6 heteroatoms. The number of hydrogen-bond donors (Lipinski definition) is 1. The fraction of sp³-hybridized carbons (Fsp3) is 0.231. The lowest BCUT2D eigenvalue weighted by molar-refractivity contribution is 0.0506. The summed E-state index contributed by atoms with van der Waals surface area (Å²) < 4.78 is 11.3. The lowest BCUT2D eigenvalue weighted by atomic mass is 10.1. The zero-order valence-corrected chi connectivity index (χ0v) is 12.3. The molecule has 0 spiro atoms. The Morgan fingerprint density at radius 3 is 2.84 bits per heavy atom. The van der Waals surface area contributed by atoms with Crippen LogP contribution < -0.4 is 10.1 Å². The predicted octanol–water partition coefficient (Wildman–Crippen LogP) is 2.93. The van der Waals surface area contributed by atoms with Crippen LogP contribution in [0.3, 0.4) is 0 Å². The quantitative estimate of drug-likeness (QED) is 0.857. The second kappa shape index (κ2) is 6.49. The molecular formula is C13H14BrN3O2. The maximum atomic E-state index is 5.48. The van der Waals surface area contributed by atoms with E-state index >= 15 is 0 Å². The molecule has 0 aliphatic carbocycles. The summed E-state index contributed by atoms with van der Waals surface area (Å²) in [6.07, 6.45) is 1.53. The van der Waals surface area contributed by atoms with Gasteiger partial charge in [0.1, 0.15) is 17.9 Å². The summed E-state index contributed by atoms with van der Waals surface area (Å²) in [5.41, 5.74) is 1.78. The zero-order chi connectivity index (χ0) is 13.7. The summed E-state index contributed by atoms with van der Waals surface area (Å²) in [6, 6.07) is 7.67. The fourth-order valence-corrected chi connectivity index (χ4v) is 1.91. The van der Waals surface area contributed by atoms with Crippen molar-refractivity contribution in [2.24, 2.45) is 0 Å². The normalized spacial score (nSPS) is 10.3. The van der Waals surface area contributed by atoms with Crippen LogP contribution in [0.2, 0.25) is 0 Å². The minimum atomic E-state index is 0.202. The largest absolute Gasteiger partial charge is 0.466 e. The van der Waals surface area contributed by atoms with Crippen LogP contribution in [0.5, 0.6) is 5.75 Å². The Hall–Kier alpha value is -1.66. The van der Waals surface area contributed by atoms with Crippen LogP contribution in [0.15, 0.2) is 35.1 Å². The Morgan fingerprint density at radius 1 is 1.26 bits per heavy atom. The van der Waals surface area contributed by atoms with Gasteiger partial charge in [0.2, 0.25) is 0 Å². The van der Waals surface area contributed by atoms with Crippen LogP contribution in [-0.4, -0.2) is 30.9 Å². The minimum absolute atomic E-state index is 0.202. The van der Waals surface area contributed by atoms with Gasteiger partial charge in [-0.1, -0.05) is 6.07 Å². The van der Waals surface area contributed by atoms with Crippen molar-refractivity contribution in [2.75, 3.05) is 26.3 Å². The maximum Gasteiger partial charge on any atom is 0.188 e. The Kier molecular flexibility index (Phi) is 4.70. The summed E-state index contributed by atoms with van der Waals surface area (Å²) >= 11 is 3.44. The highest BCUT2D eigenvalue weighted by atomic mass is 79.9. The maximum absolute atomic E-state index is 5.48. The first-order valence-corrected chi connectivity index (χ1v) is 6.45. The lowest BCUT2D eigenvalue weighted by Crippen LogP contribution is -2.00. The summed E-state index contributed by atoms with van der Waals surface area (Å²) in [5, 5.41) is 2.99.